The van der Waals surface area contributed by atoms with Gasteiger partial charge in [-0.15, -0.1) is 0 Å². The molecule has 10 aromatic carbocycles. The highest BCUT2D eigenvalue weighted by molar-refractivity contribution is 6.21. The lowest BCUT2D eigenvalue weighted by atomic mass is 9.72. The van der Waals surface area contributed by atoms with Crippen molar-refractivity contribution in [2.24, 2.45) is 0 Å². The smallest absolute Gasteiger partial charge is 0.144 e. The third-order valence-corrected chi connectivity index (χ3v) is 19.2. The van der Waals surface area contributed by atoms with Crippen molar-refractivity contribution in [2.75, 3.05) is 4.90 Å². The van der Waals surface area contributed by atoms with Crippen LogP contribution in [-0.4, -0.2) is 0 Å². The van der Waals surface area contributed by atoms with Gasteiger partial charge in [0.15, 0.2) is 0 Å². The zero-order valence-electron chi connectivity index (χ0n) is 45.5. The van der Waals surface area contributed by atoms with Crippen LogP contribution >= 0.6 is 0 Å². The Morgan fingerprint density at radius 1 is 0.338 bits per heavy atom. The maximum Gasteiger partial charge on any atom is 0.144 e. The van der Waals surface area contributed by atoms with Gasteiger partial charge in [-0.2, -0.15) is 0 Å². The Kier molecular flexibility index (Phi) is 8.59. The van der Waals surface area contributed by atoms with Crippen LogP contribution in [0.15, 0.2) is 185 Å². The van der Waals surface area contributed by atoms with E-state index in [1.807, 2.05) is 0 Å². The van der Waals surface area contributed by atoms with E-state index in [4.69, 9.17) is 8.83 Å². The maximum absolute atomic E-state index is 7.09. The first-order valence-electron chi connectivity index (χ1n) is 27.6. The molecule has 0 bridgehead atoms. The molecule has 4 aliphatic rings. The molecule has 0 aliphatic heterocycles. The summed E-state index contributed by atoms with van der Waals surface area (Å²) in [7, 11) is 0. The van der Waals surface area contributed by atoms with Gasteiger partial charge in [0.1, 0.15) is 22.3 Å². The summed E-state index contributed by atoms with van der Waals surface area (Å²) in [6, 6.07) is 66.1. The minimum absolute atomic E-state index is 0.123. The zero-order valence-corrected chi connectivity index (χ0v) is 45.5. The summed E-state index contributed by atoms with van der Waals surface area (Å²) < 4.78 is 14.1. The number of anilines is 3. The van der Waals surface area contributed by atoms with Crippen LogP contribution in [0, 0.1) is 13.8 Å². The Labute approximate surface area is 450 Å². The second-order valence-electron chi connectivity index (χ2n) is 24.8. The van der Waals surface area contributed by atoms with E-state index in [1.54, 1.807) is 0 Å². The molecule has 0 spiro atoms. The normalized spacial score (nSPS) is 16.1. The summed E-state index contributed by atoms with van der Waals surface area (Å²) in [5.41, 5.74) is 32.3. The van der Waals surface area contributed by atoms with Crippen molar-refractivity contribution in [2.45, 2.75) is 90.9 Å². The quantitative estimate of drug-likeness (QED) is 0.176. The van der Waals surface area contributed by atoms with Crippen LogP contribution in [-0.2, 0) is 21.7 Å². The highest BCUT2D eigenvalue weighted by atomic mass is 16.3. The largest absolute Gasteiger partial charge is 0.455 e. The predicted octanol–water partition coefficient (Wildman–Crippen LogP) is 20.5. The Bertz CT molecular complexity index is 4640. The van der Waals surface area contributed by atoms with E-state index >= 15 is 0 Å². The van der Waals surface area contributed by atoms with E-state index in [1.165, 1.54) is 128 Å². The average Bonchev–Trinajstić information content (AvgIpc) is 4.06. The van der Waals surface area contributed by atoms with Crippen LogP contribution in [0.25, 0.3) is 99.5 Å². The van der Waals surface area contributed by atoms with Crippen LogP contribution < -0.4 is 4.90 Å². The molecule has 2 aromatic heterocycles. The monoisotopic (exact) mass is 993 g/mol. The molecule has 3 nitrogen and oxygen atoms in total. The molecule has 0 N–H and O–H groups in total. The topological polar surface area (TPSA) is 29.5 Å². The molecule has 16 rings (SSSR count). The summed E-state index contributed by atoms with van der Waals surface area (Å²) in [5, 5.41) is 4.75. The fraction of sp³-hybridized carbons (Fsp3) is 0.189. The number of hydrogen-bond donors (Lipinski definition) is 0. The number of aryl methyl sites for hydroxylation is 2. The van der Waals surface area contributed by atoms with Crippen molar-refractivity contribution in [3.05, 3.63) is 232 Å². The molecule has 0 saturated carbocycles. The average molecular weight is 994 g/mol. The van der Waals surface area contributed by atoms with Crippen LogP contribution in [0.5, 0.6) is 0 Å². The Balaban J connectivity index is 0.894. The van der Waals surface area contributed by atoms with Crippen molar-refractivity contribution >= 4 is 60.9 Å². The highest BCUT2D eigenvalue weighted by Gasteiger charge is 2.49. The Morgan fingerprint density at radius 3 is 1.48 bits per heavy atom. The SMILES string of the molecule is Cc1cccc(C)c1N(c1ccc2c(c1)C(C)(C)c1cc(-c3ccc4c(c3)C(C)(C)c3ccccc3-4)c3oc4ccccc4c3c1-2)c1ccc2c(c1)C(C)(C)c1c3c(c4c(oc5ccccc54)c1-2)-c1ccccc1C3(C)C. The number of benzene rings is 10. The molecule has 12 aromatic rings. The third kappa shape index (κ3) is 5.57. The molecule has 0 saturated heterocycles. The summed E-state index contributed by atoms with van der Waals surface area (Å²) >= 11 is 0. The molecule has 0 amide bonds. The Morgan fingerprint density at radius 2 is 0.805 bits per heavy atom. The van der Waals surface area contributed by atoms with Crippen molar-refractivity contribution in [3.8, 4) is 55.6 Å². The van der Waals surface area contributed by atoms with E-state index in [-0.39, 0.29) is 21.7 Å². The van der Waals surface area contributed by atoms with Crippen LogP contribution in [0.2, 0.25) is 0 Å². The highest BCUT2D eigenvalue weighted by Crippen LogP contribution is 2.64. The molecule has 0 fully saturated rings. The van der Waals surface area contributed by atoms with Crippen LogP contribution in [0.3, 0.4) is 0 Å². The van der Waals surface area contributed by atoms with Gasteiger partial charge in [-0.25, -0.2) is 0 Å². The molecule has 4 aliphatic carbocycles. The van der Waals surface area contributed by atoms with Gasteiger partial charge in [0.2, 0.25) is 0 Å². The first kappa shape index (κ1) is 44.9. The Hall–Kier alpha value is -8.40. The molecule has 77 heavy (non-hydrogen) atoms. The lowest BCUT2D eigenvalue weighted by molar-refractivity contribution is 0.600. The van der Waals surface area contributed by atoms with Crippen molar-refractivity contribution < 1.29 is 8.83 Å². The first-order chi connectivity index (χ1) is 37.1. The summed E-state index contributed by atoms with van der Waals surface area (Å²) in [5.74, 6) is 0. The van der Waals surface area contributed by atoms with Crippen LogP contribution in [0.4, 0.5) is 17.1 Å². The molecule has 372 valence electrons. The second-order valence-corrected chi connectivity index (χ2v) is 24.8. The van der Waals surface area contributed by atoms with Gasteiger partial charge < -0.3 is 13.7 Å². The van der Waals surface area contributed by atoms with E-state index in [9.17, 15) is 0 Å². The number of furan rings is 2. The van der Waals surface area contributed by atoms with Crippen molar-refractivity contribution in [1.82, 2.24) is 0 Å². The predicted molar refractivity (Wildman–Crippen MR) is 321 cm³/mol. The van der Waals surface area contributed by atoms with E-state index in [2.05, 4.69) is 250 Å². The van der Waals surface area contributed by atoms with Gasteiger partial charge >= 0.3 is 0 Å². The maximum atomic E-state index is 7.09. The van der Waals surface area contributed by atoms with Gasteiger partial charge in [-0.1, -0.05) is 183 Å². The zero-order chi connectivity index (χ0) is 52.4. The molecule has 0 unspecified atom stereocenters. The molecule has 3 heteroatoms. The minimum Gasteiger partial charge on any atom is -0.455 e. The summed E-state index contributed by atoms with van der Waals surface area (Å²) in [4.78, 5) is 2.54. The minimum atomic E-state index is -0.347. The molecule has 0 radical (unpaired) electrons. The van der Waals surface area contributed by atoms with Crippen LogP contribution in [0.1, 0.15) is 111 Å². The van der Waals surface area contributed by atoms with E-state index in [0.29, 0.717) is 0 Å². The standard InChI is InChI=1S/C74H59NO2/c1-40-20-19-21-41(2)68(40)75(44-32-35-49-57(38-44)74(9,10)67-65(49)70-64(51-25-14-18-29-60(51)77-70)62-47-23-12-16-27-54(47)73(7,8)66(62)67)43-31-34-48-56(37-43)72(5,6)58-39-52(69-63(61(48)58)50-24-13-17-28-59(50)76-69)42-30-33-46-45-22-11-15-26-53(45)71(3,4)55(46)36-42/h11-39H,1-10H3. The fourth-order valence-corrected chi connectivity index (χ4v) is 15.5. The second kappa shape index (κ2) is 14.7. The lowest BCUT2D eigenvalue weighted by Gasteiger charge is -2.32. The van der Waals surface area contributed by atoms with E-state index in [0.717, 1.165) is 44.7 Å². The van der Waals surface area contributed by atoms with Gasteiger partial charge in [0.25, 0.3) is 0 Å². The number of rotatable bonds is 4. The van der Waals surface area contributed by atoms with Crippen molar-refractivity contribution in [1.29, 1.82) is 0 Å². The molecular formula is C74H59NO2. The first-order valence-corrected chi connectivity index (χ1v) is 27.6. The van der Waals surface area contributed by atoms with Gasteiger partial charge in [-0.05, 0) is 163 Å². The van der Waals surface area contributed by atoms with E-state index < -0.39 is 0 Å². The van der Waals surface area contributed by atoms with Gasteiger partial charge in [-0.3, -0.25) is 0 Å². The third-order valence-electron chi connectivity index (χ3n) is 19.2. The van der Waals surface area contributed by atoms with Crippen molar-refractivity contribution in [3.63, 3.8) is 0 Å². The number of para-hydroxylation sites is 3. The number of nitrogens with zero attached hydrogens (tertiary/aromatic N) is 1. The number of fused-ring (bicyclic) bond motifs is 22. The fourth-order valence-electron chi connectivity index (χ4n) is 15.5. The lowest BCUT2D eigenvalue weighted by Crippen LogP contribution is -2.24. The molecule has 0 atom stereocenters. The summed E-state index contributed by atoms with van der Waals surface area (Å²) in [6.45, 7) is 23.9. The number of hydrogen-bond acceptors (Lipinski definition) is 3. The summed E-state index contributed by atoms with van der Waals surface area (Å²) in [6.07, 6.45) is 0. The van der Waals surface area contributed by atoms with Gasteiger partial charge in [0.05, 0.1) is 5.69 Å². The molecular weight excluding hydrogens is 935 g/mol. The molecule has 2 heterocycles. The van der Waals surface area contributed by atoms with Gasteiger partial charge in [0, 0.05) is 65.7 Å².